The number of aromatic nitrogens is 1. The quantitative estimate of drug-likeness (QED) is 0.844. The van der Waals surface area contributed by atoms with Crippen molar-refractivity contribution in [2.75, 3.05) is 10.2 Å². The predicted molar refractivity (Wildman–Crippen MR) is 86.5 cm³/mol. The van der Waals surface area contributed by atoms with Gasteiger partial charge in [0.25, 0.3) is 0 Å². The van der Waals surface area contributed by atoms with Crippen molar-refractivity contribution < 1.29 is 14.4 Å². The van der Waals surface area contributed by atoms with Crippen molar-refractivity contribution in [2.24, 2.45) is 0 Å². The highest BCUT2D eigenvalue weighted by atomic mass is 32.1. The highest BCUT2D eigenvalue weighted by Gasteiger charge is 2.32. The lowest BCUT2D eigenvalue weighted by Crippen LogP contribution is -2.30. The standard InChI is InChI=1S/C15H14N4O3S/c20-12-5-6-13(21)19(12)15-18-10-4-3-9(7-11(10)23-15)17-14(22)16-8-1-2-8/h3-4,7-8H,1-2,5-6H2,(H2,16,17,22). The van der Waals surface area contributed by atoms with Crippen LogP contribution in [-0.2, 0) is 9.59 Å². The van der Waals surface area contributed by atoms with Crippen LogP contribution >= 0.6 is 11.3 Å². The van der Waals surface area contributed by atoms with E-state index in [-0.39, 0.29) is 30.7 Å². The van der Waals surface area contributed by atoms with E-state index in [4.69, 9.17) is 0 Å². The Kier molecular flexibility index (Phi) is 3.26. The number of hydrogen-bond acceptors (Lipinski definition) is 5. The molecule has 4 amide bonds. The summed E-state index contributed by atoms with van der Waals surface area (Å²) in [6, 6.07) is 5.40. The highest BCUT2D eigenvalue weighted by Crippen LogP contribution is 2.33. The van der Waals surface area contributed by atoms with Crippen molar-refractivity contribution in [1.82, 2.24) is 10.3 Å². The SMILES string of the molecule is O=C(Nc1ccc2nc(N3C(=O)CCC3=O)sc2c1)NC1CC1. The number of rotatable bonds is 3. The van der Waals surface area contributed by atoms with E-state index in [0.29, 0.717) is 22.4 Å². The Morgan fingerprint density at radius 3 is 2.65 bits per heavy atom. The van der Waals surface area contributed by atoms with Gasteiger partial charge in [-0.3, -0.25) is 9.59 Å². The first kappa shape index (κ1) is 14.1. The van der Waals surface area contributed by atoms with Crippen LogP contribution in [-0.4, -0.2) is 28.9 Å². The molecule has 2 fully saturated rings. The Morgan fingerprint density at radius 2 is 1.96 bits per heavy atom. The second-order valence-electron chi connectivity index (χ2n) is 5.67. The summed E-state index contributed by atoms with van der Waals surface area (Å²) >= 11 is 1.27. The molecule has 23 heavy (non-hydrogen) atoms. The minimum atomic E-state index is -0.221. The van der Waals surface area contributed by atoms with Crippen molar-refractivity contribution in [3.05, 3.63) is 18.2 Å². The molecule has 1 aliphatic heterocycles. The Labute approximate surface area is 135 Å². The molecule has 1 saturated heterocycles. The molecule has 1 saturated carbocycles. The first-order valence-electron chi connectivity index (χ1n) is 7.44. The number of nitrogens with one attached hydrogen (secondary N) is 2. The predicted octanol–water partition coefficient (Wildman–Crippen LogP) is 2.23. The Hall–Kier alpha value is -2.48. The maximum absolute atomic E-state index is 11.8. The average molecular weight is 330 g/mol. The van der Waals surface area contributed by atoms with E-state index >= 15 is 0 Å². The number of fused-ring (bicyclic) bond motifs is 1. The Morgan fingerprint density at radius 1 is 1.22 bits per heavy atom. The first-order valence-corrected chi connectivity index (χ1v) is 8.26. The zero-order valence-corrected chi connectivity index (χ0v) is 13.0. The van der Waals surface area contributed by atoms with Gasteiger partial charge in [-0.25, -0.2) is 14.7 Å². The summed E-state index contributed by atoms with van der Waals surface area (Å²) in [5.41, 5.74) is 1.36. The van der Waals surface area contributed by atoms with E-state index in [1.807, 2.05) is 0 Å². The van der Waals surface area contributed by atoms with Gasteiger partial charge in [0, 0.05) is 24.6 Å². The van der Waals surface area contributed by atoms with Gasteiger partial charge in [-0.2, -0.15) is 0 Å². The van der Waals surface area contributed by atoms with E-state index < -0.39 is 0 Å². The average Bonchev–Trinajstić information content (AvgIpc) is 3.11. The normalized spacial score (nSPS) is 17.8. The number of amides is 4. The Balaban J connectivity index is 1.57. The number of anilines is 2. The fourth-order valence-corrected chi connectivity index (χ4v) is 3.50. The van der Waals surface area contributed by atoms with Crippen LogP contribution in [0.4, 0.5) is 15.6 Å². The number of benzene rings is 1. The van der Waals surface area contributed by atoms with Crippen LogP contribution in [0, 0.1) is 0 Å². The van der Waals surface area contributed by atoms with Gasteiger partial charge < -0.3 is 10.6 Å². The van der Waals surface area contributed by atoms with Gasteiger partial charge in [0.1, 0.15) is 0 Å². The molecule has 2 heterocycles. The van der Waals surface area contributed by atoms with Crippen LogP contribution in [0.2, 0.25) is 0 Å². The molecule has 2 N–H and O–H groups in total. The van der Waals surface area contributed by atoms with E-state index in [1.54, 1.807) is 18.2 Å². The van der Waals surface area contributed by atoms with E-state index in [2.05, 4.69) is 15.6 Å². The fraction of sp³-hybridized carbons (Fsp3) is 0.333. The monoisotopic (exact) mass is 330 g/mol. The molecule has 0 radical (unpaired) electrons. The summed E-state index contributed by atoms with van der Waals surface area (Å²) < 4.78 is 0.816. The third-order valence-electron chi connectivity index (χ3n) is 3.79. The highest BCUT2D eigenvalue weighted by molar-refractivity contribution is 7.22. The van der Waals surface area contributed by atoms with Crippen LogP contribution < -0.4 is 15.5 Å². The van der Waals surface area contributed by atoms with Gasteiger partial charge in [-0.1, -0.05) is 11.3 Å². The molecule has 0 unspecified atom stereocenters. The number of nitrogens with zero attached hydrogens (tertiary/aromatic N) is 2. The summed E-state index contributed by atoms with van der Waals surface area (Å²) in [4.78, 5) is 40.8. The molecular formula is C15H14N4O3S. The second kappa shape index (κ2) is 5.31. The van der Waals surface area contributed by atoms with Crippen molar-refractivity contribution in [2.45, 2.75) is 31.7 Å². The molecule has 2 aliphatic rings. The van der Waals surface area contributed by atoms with Crippen molar-refractivity contribution >= 4 is 50.2 Å². The summed E-state index contributed by atoms with van der Waals surface area (Å²) in [6.07, 6.45) is 2.54. The number of hydrogen-bond donors (Lipinski definition) is 2. The van der Waals surface area contributed by atoms with Crippen LogP contribution in [0.1, 0.15) is 25.7 Å². The molecule has 118 valence electrons. The fourth-order valence-electron chi connectivity index (χ4n) is 2.46. The maximum Gasteiger partial charge on any atom is 0.319 e. The number of carbonyl (C=O) groups is 3. The zero-order chi connectivity index (χ0) is 16.0. The molecule has 4 rings (SSSR count). The van der Waals surface area contributed by atoms with E-state index in [9.17, 15) is 14.4 Å². The summed E-state index contributed by atoms with van der Waals surface area (Å²) in [7, 11) is 0. The maximum atomic E-state index is 11.8. The molecule has 8 heteroatoms. The lowest BCUT2D eigenvalue weighted by molar-refractivity contribution is -0.121. The third kappa shape index (κ3) is 2.77. The van der Waals surface area contributed by atoms with Crippen molar-refractivity contribution in [3.63, 3.8) is 0 Å². The van der Waals surface area contributed by atoms with Gasteiger partial charge >= 0.3 is 6.03 Å². The summed E-state index contributed by atoms with van der Waals surface area (Å²) in [6.45, 7) is 0. The first-order chi connectivity index (χ1) is 11.1. The number of imide groups is 1. The van der Waals surface area contributed by atoms with Crippen molar-refractivity contribution in [3.8, 4) is 0 Å². The molecule has 1 aromatic carbocycles. The van der Waals surface area contributed by atoms with Crippen LogP contribution in [0.15, 0.2) is 18.2 Å². The van der Waals surface area contributed by atoms with Crippen LogP contribution in [0.3, 0.4) is 0 Å². The summed E-state index contributed by atoms with van der Waals surface area (Å²) in [5.74, 6) is -0.424. The molecular weight excluding hydrogens is 316 g/mol. The van der Waals surface area contributed by atoms with Crippen molar-refractivity contribution in [1.29, 1.82) is 0 Å². The molecule has 0 spiro atoms. The minimum Gasteiger partial charge on any atom is -0.335 e. The lowest BCUT2D eigenvalue weighted by Gasteiger charge is -2.07. The molecule has 1 aromatic heterocycles. The van der Waals surface area contributed by atoms with E-state index in [0.717, 1.165) is 22.4 Å². The number of carbonyl (C=O) groups excluding carboxylic acids is 3. The topological polar surface area (TPSA) is 91.4 Å². The molecule has 0 atom stereocenters. The van der Waals surface area contributed by atoms with Crippen LogP contribution in [0.5, 0.6) is 0 Å². The molecule has 7 nitrogen and oxygen atoms in total. The van der Waals surface area contributed by atoms with Gasteiger partial charge in [-0.15, -0.1) is 0 Å². The van der Waals surface area contributed by atoms with Crippen LogP contribution in [0.25, 0.3) is 10.2 Å². The summed E-state index contributed by atoms with van der Waals surface area (Å²) in [5, 5.41) is 6.03. The minimum absolute atomic E-state index is 0.212. The molecule has 1 aliphatic carbocycles. The van der Waals surface area contributed by atoms with E-state index in [1.165, 1.54) is 11.3 Å². The Bertz CT molecular complexity index is 811. The van der Waals surface area contributed by atoms with Gasteiger partial charge in [0.05, 0.1) is 10.2 Å². The van der Waals surface area contributed by atoms with Gasteiger partial charge in [0.2, 0.25) is 11.8 Å². The molecule has 2 aromatic rings. The number of thiazole rings is 1. The zero-order valence-electron chi connectivity index (χ0n) is 12.2. The lowest BCUT2D eigenvalue weighted by atomic mass is 10.3. The second-order valence-corrected chi connectivity index (χ2v) is 6.68. The van der Waals surface area contributed by atoms with Gasteiger partial charge in [0.15, 0.2) is 5.13 Å². The third-order valence-corrected chi connectivity index (χ3v) is 4.79. The smallest absolute Gasteiger partial charge is 0.319 e. The molecule has 0 bridgehead atoms. The number of urea groups is 1. The van der Waals surface area contributed by atoms with Gasteiger partial charge in [-0.05, 0) is 31.0 Å². The largest absolute Gasteiger partial charge is 0.335 e.